The number of carbonyl (C=O) groups excluding carboxylic acids is 4. The quantitative estimate of drug-likeness (QED) is 0.0297. The zero-order valence-corrected chi connectivity index (χ0v) is 49.3. The summed E-state index contributed by atoms with van der Waals surface area (Å²) in [5, 5.41) is 255. The Morgan fingerprint density at radius 3 is 1.32 bits per heavy atom. The number of carboxylic acid groups (broad SMARTS) is 2. The third-order valence-corrected chi connectivity index (χ3v) is 15.8. The second-order valence-corrected chi connectivity index (χ2v) is 22.4. The van der Waals surface area contributed by atoms with E-state index in [0.29, 0.717) is 0 Å². The van der Waals surface area contributed by atoms with Crippen LogP contribution in [0.25, 0.3) is 0 Å². The second-order valence-electron chi connectivity index (χ2n) is 22.4. The summed E-state index contributed by atoms with van der Waals surface area (Å²) in [7, 11) is 0. The van der Waals surface area contributed by atoms with Crippen molar-refractivity contribution in [2.24, 2.45) is 0 Å². The minimum Gasteiger partial charge on any atom is -0.477 e. The second kappa shape index (κ2) is 34.7. The molecule has 0 unspecified atom stereocenters. The summed E-state index contributed by atoms with van der Waals surface area (Å²) in [5.74, 6) is -15.3. The Bertz CT molecular complexity index is 2430. The number of hydrogen-bond donors (Lipinski definition) is 27. The summed E-state index contributed by atoms with van der Waals surface area (Å²) in [6.45, 7) is -9.08. The van der Waals surface area contributed by atoms with Gasteiger partial charge < -0.3 is 186 Å². The Labute approximate surface area is 524 Å². The van der Waals surface area contributed by atoms with Gasteiger partial charge in [-0.2, -0.15) is 0 Å². The molecule has 0 aromatic rings. The number of carbonyl (C=O) groups is 6. The van der Waals surface area contributed by atoms with Crippen molar-refractivity contribution in [1.82, 2.24) is 21.3 Å². The monoisotopic (exact) mass is 1360 g/mol. The molecule has 0 aliphatic carbocycles. The number of aliphatic carboxylic acids is 2. The molecule has 5 heterocycles. The highest BCUT2D eigenvalue weighted by Crippen LogP contribution is 2.41. The van der Waals surface area contributed by atoms with Gasteiger partial charge in [-0.15, -0.1) is 0 Å². The number of amides is 4. The van der Waals surface area contributed by atoms with Gasteiger partial charge >= 0.3 is 11.9 Å². The molecule has 5 aliphatic rings. The molecule has 27 N–H and O–H groups in total. The lowest BCUT2D eigenvalue weighted by atomic mass is 9.88. The molecule has 43 nitrogen and oxygen atoms in total. The van der Waals surface area contributed by atoms with Crippen LogP contribution in [0.2, 0.25) is 0 Å². The van der Waals surface area contributed by atoms with E-state index in [2.05, 4.69) is 16.0 Å². The molecule has 5 saturated heterocycles. The first-order chi connectivity index (χ1) is 43.7. The van der Waals surface area contributed by atoms with Gasteiger partial charge in [0.15, 0.2) is 18.9 Å². The van der Waals surface area contributed by atoms with Gasteiger partial charge in [0.2, 0.25) is 23.6 Å². The van der Waals surface area contributed by atoms with Crippen LogP contribution < -0.4 is 21.3 Å². The van der Waals surface area contributed by atoms with Crippen molar-refractivity contribution < 1.29 is 194 Å². The van der Waals surface area contributed by atoms with E-state index in [0.717, 1.165) is 13.8 Å². The Hall–Kier alpha value is -4.42. The van der Waals surface area contributed by atoms with Gasteiger partial charge in [0.05, 0.1) is 76.6 Å². The average Bonchev–Trinajstić information content (AvgIpc) is 0.766. The molecule has 0 aromatic heterocycles. The normalized spacial score (nSPS) is 39.2. The highest BCUT2D eigenvalue weighted by Gasteiger charge is 2.63. The highest BCUT2D eigenvalue weighted by molar-refractivity contribution is 5.79. The molecule has 31 atom stereocenters. The minimum atomic E-state index is -3.33. The lowest BCUT2D eigenvalue weighted by Gasteiger charge is -2.51. The number of hydrogen-bond acceptors (Lipinski definition) is 37. The predicted molar refractivity (Wildman–Crippen MR) is 285 cm³/mol. The number of nitrogens with one attached hydrogen (secondary N) is 4. The number of rotatable bonds is 32. The first kappa shape index (κ1) is 79.3. The van der Waals surface area contributed by atoms with Gasteiger partial charge in [-0.1, -0.05) is 0 Å². The zero-order chi connectivity index (χ0) is 69.9. The standard InChI is InChI=1S/C50H84N4O39/c1-14(63)51-16(5-55)38(88-45-36(78)42(33(75)22(8-58)85-45)92-49(47(80)81)3-17(65)27(53-25(70)11-61)40(90-49)30(72)19(67)6-56)32(74)21(69)13-84-44-29(52-15(2)64)35(77)39(24(10-60)87-44)89-46-37(79)43(34(76)23(9-59)86-46)93-50(48(82)83)4-18(66)28(54-26(71)12-62)41(91-50)31(73)20(68)7-57/h16-24,27-46,55-62,65-69,72-79H,3-13H2,1-2H3,(H,51,63)(H,52,64)(H,53,70)(H,54,71)(H,80,81)(H,82,83)/t16-,17-,18-,19+,20+,21+,22+,23+,24+,27+,28+,29+,30+,31+,32-,33-,34-,35+,36+,37+,38+,39+,40+,41+,42-,43-,44+,45-,46-,49-,50-/m0/s1. The molecule has 4 amide bonds. The van der Waals surface area contributed by atoms with Crippen LogP contribution in [-0.2, 0) is 76.1 Å². The van der Waals surface area contributed by atoms with Crippen LogP contribution in [0.4, 0.5) is 0 Å². The third kappa shape index (κ3) is 18.4. The first-order valence-electron chi connectivity index (χ1n) is 28.6. The Kier molecular flexibility index (Phi) is 29.6. The largest absolute Gasteiger partial charge is 0.477 e. The molecular formula is C50H84N4O39. The Morgan fingerprint density at radius 1 is 0.505 bits per heavy atom. The van der Waals surface area contributed by atoms with Crippen molar-refractivity contribution >= 4 is 35.6 Å². The van der Waals surface area contributed by atoms with Crippen LogP contribution in [0.5, 0.6) is 0 Å². The number of aliphatic hydroxyl groups excluding tert-OH is 21. The van der Waals surface area contributed by atoms with Crippen LogP contribution in [0, 0.1) is 0 Å². The topological polar surface area (TPSA) is 708 Å². The summed E-state index contributed by atoms with van der Waals surface area (Å²) in [4.78, 5) is 75.6. The van der Waals surface area contributed by atoms with Crippen LogP contribution in [-0.4, -0.2) is 401 Å². The van der Waals surface area contributed by atoms with E-state index in [1.807, 2.05) is 5.32 Å². The minimum absolute atomic E-state index is 0.904. The maximum absolute atomic E-state index is 13.1. The van der Waals surface area contributed by atoms with Crippen LogP contribution in [0.1, 0.15) is 26.7 Å². The Morgan fingerprint density at radius 2 is 0.935 bits per heavy atom. The van der Waals surface area contributed by atoms with Gasteiger partial charge in [0.25, 0.3) is 11.6 Å². The zero-order valence-electron chi connectivity index (χ0n) is 49.3. The summed E-state index contributed by atoms with van der Waals surface area (Å²) in [6, 6.07) is -7.50. The van der Waals surface area contributed by atoms with E-state index >= 15 is 0 Å². The number of carboxylic acids is 2. The van der Waals surface area contributed by atoms with E-state index in [9.17, 15) is 146 Å². The Balaban J connectivity index is 1.40. The van der Waals surface area contributed by atoms with Crippen molar-refractivity contribution in [2.45, 2.75) is 216 Å². The molecule has 43 heteroatoms. The maximum atomic E-state index is 13.1. The van der Waals surface area contributed by atoms with Gasteiger partial charge in [-0.05, 0) is 0 Å². The number of aliphatic hydroxyl groups is 21. The fraction of sp³-hybridized carbons (Fsp3) is 0.880. The van der Waals surface area contributed by atoms with Crippen molar-refractivity contribution in [1.29, 1.82) is 0 Å². The summed E-state index contributed by atoms with van der Waals surface area (Å²) in [6.07, 6.45) is -58.8. The van der Waals surface area contributed by atoms with Crippen molar-refractivity contribution in [3.8, 4) is 0 Å². The van der Waals surface area contributed by atoms with E-state index in [-0.39, 0.29) is 0 Å². The van der Waals surface area contributed by atoms with Crippen molar-refractivity contribution in [3.63, 3.8) is 0 Å². The molecule has 0 saturated carbocycles. The predicted octanol–water partition coefficient (Wildman–Crippen LogP) is -17.5. The third-order valence-electron chi connectivity index (χ3n) is 15.8. The van der Waals surface area contributed by atoms with Crippen LogP contribution in [0.3, 0.4) is 0 Å². The molecule has 0 spiro atoms. The van der Waals surface area contributed by atoms with Crippen molar-refractivity contribution in [3.05, 3.63) is 0 Å². The first-order valence-corrected chi connectivity index (χ1v) is 28.6. The number of ether oxygens (including phenoxy) is 10. The van der Waals surface area contributed by atoms with Gasteiger partial charge in [-0.25, -0.2) is 9.59 Å². The maximum Gasteiger partial charge on any atom is 0.364 e. The lowest BCUT2D eigenvalue weighted by molar-refractivity contribution is -0.383. The van der Waals surface area contributed by atoms with Crippen molar-refractivity contribution in [2.75, 3.05) is 59.5 Å². The summed E-state index contributed by atoms with van der Waals surface area (Å²) in [5.41, 5.74) is 0. The lowest BCUT2D eigenvalue weighted by Crippen LogP contribution is -2.71. The molecule has 5 fully saturated rings. The van der Waals surface area contributed by atoms with E-state index < -0.39 is 297 Å². The van der Waals surface area contributed by atoms with Crippen LogP contribution in [0.15, 0.2) is 0 Å². The highest BCUT2D eigenvalue weighted by atomic mass is 16.8. The molecule has 5 rings (SSSR count). The fourth-order valence-corrected chi connectivity index (χ4v) is 11.0. The molecule has 0 aromatic carbocycles. The molecule has 0 bridgehead atoms. The molecule has 93 heavy (non-hydrogen) atoms. The molecule has 5 aliphatic heterocycles. The molecule has 538 valence electrons. The summed E-state index contributed by atoms with van der Waals surface area (Å²) >= 11 is 0. The van der Waals surface area contributed by atoms with Gasteiger partial charge in [-0.3, -0.25) is 19.2 Å². The van der Waals surface area contributed by atoms with Gasteiger partial charge in [0, 0.05) is 26.7 Å². The SMILES string of the molecule is CC(=O)N[C@H]1[C@H](OC[C@@H](O)[C@H](O)[C@H](O[C@@H]2O[C@H](CO)[C@H](O)[C@H](O[C@]3(C(=O)O)C[C@H](O)[C@@H](NC(=O)CO)[C@H]([C@H](O)[C@H](O)CO)O3)[C@H]2O)[C@H](CO)NC(C)=O)O[C@H](CO)[C@@H](O[C@@H]2O[C@H](CO)[C@H](O)[C@H](O[C@]3(C(=O)O)C[C@H](O)[C@@H](NC(=O)CO)[C@H]([C@H](O)[C@H](O)CO)O3)[C@H]2O)[C@@H]1O. The van der Waals surface area contributed by atoms with E-state index in [1.165, 1.54) is 0 Å². The smallest absolute Gasteiger partial charge is 0.364 e. The van der Waals surface area contributed by atoms with E-state index in [1.54, 1.807) is 0 Å². The fourth-order valence-electron chi connectivity index (χ4n) is 11.0. The average molecular weight is 1370 g/mol. The molecular weight excluding hydrogens is 1280 g/mol. The van der Waals surface area contributed by atoms with E-state index in [4.69, 9.17) is 47.4 Å². The summed E-state index contributed by atoms with van der Waals surface area (Å²) < 4.78 is 56.6. The van der Waals surface area contributed by atoms with Crippen LogP contribution >= 0.6 is 0 Å². The molecule has 0 radical (unpaired) electrons. The van der Waals surface area contributed by atoms with Gasteiger partial charge in [0.1, 0.15) is 141 Å².